The van der Waals surface area contributed by atoms with Crippen molar-refractivity contribution < 1.29 is 19.1 Å². The molecule has 1 aromatic carbocycles. The van der Waals surface area contributed by atoms with Crippen LogP contribution >= 0.6 is 0 Å². The van der Waals surface area contributed by atoms with Crippen molar-refractivity contribution in [2.75, 3.05) is 19.6 Å². The third kappa shape index (κ3) is 11.9. The zero-order chi connectivity index (χ0) is 21.0. The molecule has 0 aliphatic rings. The van der Waals surface area contributed by atoms with Crippen molar-refractivity contribution in [3.05, 3.63) is 35.4 Å². The predicted molar refractivity (Wildman–Crippen MR) is 109 cm³/mol. The van der Waals surface area contributed by atoms with Crippen molar-refractivity contribution in [3.63, 3.8) is 0 Å². The molecule has 28 heavy (non-hydrogen) atoms. The Kier molecular flexibility index (Phi) is 10.1. The Hall–Kier alpha value is -2.57. The van der Waals surface area contributed by atoms with Crippen LogP contribution < -0.4 is 16.0 Å². The molecule has 1 rings (SSSR count). The zero-order valence-electron chi connectivity index (χ0n) is 17.4. The molecule has 0 atom stereocenters. The molecule has 0 heterocycles. The number of benzene rings is 1. The highest BCUT2D eigenvalue weighted by atomic mass is 16.6. The third-order valence-corrected chi connectivity index (χ3v) is 3.74. The van der Waals surface area contributed by atoms with Crippen LogP contribution in [0.4, 0.5) is 4.79 Å². The van der Waals surface area contributed by atoms with Crippen molar-refractivity contribution in [2.24, 2.45) is 0 Å². The second-order valence-electron chi connectivity index (χ2n) is 7.72. The van der Waals surface area contributed by atoms with E-state index in [-0.39, 0.29) is 24.8 Å². The summed E-state index contributed by atoms with van der Waals surface area (Å²) in [5.41, 5.74) is 1.79. The van der Waals surface area contributed by atoms with Crippen molar-refractivity contribution in [3.8, 4) is 0 Å². The fourth-order valence-corrected chi connectivity index (χ4v) is 2.44. The maximum Gasteiger partial charge on any atom is 0.407 e. The molecule has 1 aromatic rings. The Labute approximate surface area is 167 Å². The summed E-state index contributed by atoms with van der Waals surface area (Å²) in [6, 6.07) is 8.13. The zero-order valence-corrected chi connectivity index (χ0v) is 17.4. The Balaban J connectivity index is 2.03. The molecule has 0 aliphatic carbocycles. The highest BCUT2D eigenvalue weighted by Gasteiger charge is 2.15. The number of carbonyl (C=O) groups excluding carboxylic acids is 3. The van der Waals surface area contributed by atoms with Gasteiger partial charge < -0.3 is 20.7 Å². The number of ether oxygens (including phenoxy) is 1. The van der Waals surface area contributed by atoms with Crippen LogP contribution in [0, 0.1) is 6.92 Å². The second-order valence-corrected chi connectivity index (χ2v) is 7.72. The first-order chi connectivity index (χ1) is 13.2. The number of alkyl carbamates (subject to hydrolysis) is 1. The summed E-state index contributed by atoms with van der Waals surface area (Å²) < 4.78 is 5.09. The van der Waals surface area contributed by atoms with Gasteiger partial charge in [0.25, 0.3) is 0 Å². The van der Waals surface area contributed by atoms with Crippen molar-refractivity contribution in [2.45, 2.75) is 59.0 Å². The van der Waals surface area contributed by atoms with Gasteiger partial charge >= 0.3 is 6.09 Å². The number of amides is 3. The van der Waals surface area contributed by atoms with Crippen molar-refractivity contribution in [1.29, 1.82) is 0 Å². The maximum atomic E-state index is 11.9. The van der Waals surface area contributed by atoms with E-state index in [9.17, 15) is 14.4 Å². The van der Waals surface area contributed by atoms with E-state index in [0.717, 1.165) is 12.0 Å². The summed E-state index contributed by atoms with van der Waals surface area (Å²) in [4.78, 5) is 35.0. The van der Waals surface area contributed by atoms with E-state index in [1.165, 1.54) is 5.56 Å². The molecule has 0 unspecified atom stereocenters. The topological polar surface area (TPSA) is 96.5 Å². The number of hydrogen-bond donors (Lipinski definition) is 3. The van der Waals surface area contributed by atoms with E-state index in [1.54, 1.807) is 20.8 Å². The number of nitrogens with one attached hydrogen (secondary N) is 3. The predicted octanol–water partition coefficient (Wildman–Crippen LogP) is 2.46. The first-order valence-corrected chi connectivity index (χ1v) is 9.71. The Morgan fingerprint density at radius 2 is 1.57 bits per heavy atom. The van der Waals surface area contributed by atoms with E-state index in [4.69, 9.17) is 4.74 Å². The minimum atomic E-state index is -0.559. The van der Waals surface area contributed by atoms with E-state index >= 15 is 0 Å². The third-order valence-electron chi connectivity index (χ3n) is 3.74. The van der Waals surface area contributed by atoms with Gasteiger partial charge in [-0.1, -0.05) is 29.8 Å². The number of hydrogen-bond acceptors (Lipinski definition) is 4. The Morgan fingerprint density at radius 3 is 2.18 bits per heavy atom. The normalized spacial score (nSPS) is 10.9. The number of carbonyl (C=O) groups is 3. The molecule has 0 aliphatic heterocycles. The standard InChI is InChI=1S/C21H33N3O4/c1-16-7-5-8-17(15-16)9-10-18(25)22-12-6-13-23-19(26)11-14-24-20(27)28-21(2,3)4/h5,7-8,15H,6,9-14H2,1-4H3,(H,22,25)(H,23,26)(H,24,27). The monoisotopic (exact) mass is 391 g/mol. The lowest BCUT2D eigenvalue weighted by Gasteiger charge is -2.19. The van der Waals surface area contributed by atoms with Crippen LogP contribution in [-0.4, -0.2) is 43.1 Å². The van der Waals surface area contributed by atoms with Crippen LogP contribution in [-0.2, 0) is 20.7 Å². The molecule has 3 amide bonds. The summed E-state index contributed by atoms with van der Waals surface area (Å²) in [5, 5.41) is 8.16. The molecule has 0 saturated heterocycles. The fraction of sp³-hybridized carbons (Fsp3) is 0.571. The molecule has 0 saturated carbocycles. The van der Waals surface area contributed by atoms with Crippen LogP contribution in [0.25, 0.3) is 0 Å². The van der Waals surface area contributed by atoms with Gasteiger partial charge in [-0.3, -0.25) is 9.59 Å². The van der Waals surface area contributed by atoms with Gasteiger partial charge in [0, 0.05) is 32.5 Å². The first kappa shape index (κ1) is 23.5. The van der Waals surface area contributed by atoms with Crippen LogP contribution in [0.15, 0.2) is 24.3 Å². The number of rotatable bonds is 10. The van der Waals surface area contributed by atoms with Crippen molar-refractivity contribution >= 4 is 17.9 Å². The largest absolute Gasteiger partial charge is 0.444 e. The van der Waals surface area contributed by atoms with Gasteiger partial charge in [0.2, 0.25) is 11.8 Å². The van der Waals surface area contributed by atoms with E-state index in [2.05, 4.69) is 22.0 Å². The number of aryl methyl sites for hydroxylation is 2. The highest BCUT2D eigenvalue weighted by molar-refractivity contribution is 5.77. The van der Waals surface area contributed by atoms with Gasteiger partial charge in [0.1, 0.15) is 5.60 Å². The highest BCUT2D eigenvalue weighted by Crippen LogP contribution is 2.07. The average molecular weight is 392 g/mol. The molecule has 3 N–H and O–H groups in total. The van der Waals surface area contributed by atoms with Crippen molar-refractivity contribution in [1.82, 2.24) is 16.0 Å². The minimum Gasteiger partial charge on any atom is -0.444 e. The molecule has 7 heteroatoms. The molecular weight excluding hydrogens is 358 g/mol. The summed E-state index contributed by atoms with van der Waals surface area (Å²) in [7, 11) is 0. The van der Waals surface area contributed by atoms with Crippen LogP contribution in [0.5, 0.6) is 0 Å². The molecule has 0 aromatic heterocycles. The van der Waals surface area contributed by atoms with Crippen LogP contribution in [0.3, 0.4) is 0 Å². The Morgan fingerprint density at radius 1 is 0.929 bits per heavy atom. The molecule has 0 spiro atoms. The van der Waals surface area contributed by atoms with Gasteiger partial charge in [-0.05, 0) is 46.1 Å². The lowest BCUT2D eigenvalue weighted by molar-refractivity contribution is -0.121. The average Bonchev–Trinajstić information content (AvgIpc) is 2.58. The van der Waals surface area contributed by atoms with Gasteiger partial charge in [-0.25, -0.2) is 4.79 Å². The molecule has 0 radical (unpaired) electrons. The lowest BCUT2D eigenvalue weighted by atomic mass is 10.1. The molecule has 0 fully saturated rings. The van der Waals surface area contributed by atoms with E-state index < -0.39 is 11.7 Å². The minimum absolute atomic E-state index is 0.00870. The Bertz CT molecular complexity index is 653. The maximum absolute atomic E-state index is 11.9. The van der Waals surface area contributed by atoms with E-state index in [0.29, 0.717) is 25.9 Å². The quantitative estimate of drug-likeness (QED) is 0.534. The lowest BCUT2D eigenvalue weighted by Crippen LogP contribution is -2.35. The van der Waals surface area contributed by atoms with Gasteiger partial charge in [-0.15, -0.1) is 0 Å². The molecule has 0 bridgehead atoms. The van der Waals surface area contributed by atoms with E-state index in [1.807, 2.05) is 25.1 Å². The SMILES string of the molecule is Cc1cccc(CCC(=O)NCCCNC(=O)CCNC(=O)OC(C)(C)C)c1. The summed E-state index contributed by atoms with van der Waals surface area (Å²) >= 11 is 0. The van der Waals surface area contributed by atoms with Crippen LogP contribution in [0.2, 0.25) is 0 Å². The summed E-state index contributed by atoms with van der Waals surface area (Å²) in [5.74, 6) is -0.142. The molecule has 7 nitrogen and oxygen atoms in total. The molecule has 156 valence electrons. The van der Waals surface area contributed by atoms with Gasteiger partial charge in [0.05, 0.1) is 0 Å². The van der Waals surface area contributed by atoms with Gasteiger partial charge in [-0.2, -0.15) is 0 Å². The first-order valence-electron chi connectivity index (χ1n) is 9.71. The molecular formula is C21H33N3O4. The summed E-state index contributed by atoms with van der Waals surface area (Å²) in [6.07, 6.45) is 1.47. The fourth-order valence-electron chi connectivity index (χ4n) is 2.44. The van der Waals surface area contributed by atoms with Crippen LogP contribution in [0.1, 0.15) is 51.2 Å². The van der Waals surface area contributed by atoms with Gasteiger partial charge in [0.15, 0.2) is 0 Å². The summed E-state index contributed by atoms with van der Waals surface area (Å²) in [6.45, 7) is 8.58. The second kappa shape index (κ2) is 12.0. The smallest absolute Gasteiger partial charge is 0.407 e.